The largest absolute Gasteiger partial charge is 0.305 e. The number of hydrogen-bond acceptors (Lipinski definition) is 1. The number of nitrogens with zero attached hydrogens (tertiary/aromatic N) is 1. The van der Waals surface area contributed by atoms with Crippen LogP contribution < -0.4 is 0 Å². The van der Waals surface area contributed by atoms with Crippen molar-refractivity contribution < 1.29 is 0 Å². The zero-order valence-electron chi connectivity index (χ0n) is 10.6. The van der Waals surface area contributed by atoms with Crippen molar-refractivity contribution in [2.24, 2.45) is 0 Å². The summed E-state index contributed by atoms with van der Waals surface area (Å²) in [6, 6.07) is 19.3. The summed E-state index contributed by atoms with van der Waals surface area (Å²) in [5, 5.41) is 0. The van der Waals surface area contributed by atoms with Gasteiger partial charge >= 0.3 is 0 Å². The van der Waals surface area contributed by atoms with Gasteiger partial charge in [0.05, 0.1) is 0 Å². The van der Waals surface area contributed by atoms with Gasteiger partial charge in [-0.2, -0.15) is 0 Å². The first-order valence-corrected chi connectivity index (χ1v) is 6.01. The molecule has 0 atom stereocenters. The molecule has 0 aliphatic carbocycles. The van der Waals surface area contributed by atoms with E-state index in [0.717, 1.165) is 13.0 Å². The fourth-order valence-corrected chi connectivity index (χ4v) is 2.04. The van der Waals surface area contributed by atoms with Crippen molar-refractivity contribution in [3.05, 3.63) is 71.3 Å². The predicted molar refractivity (Wildman–Crippen MR) is 73.1 cm³/mol. The van der Waals surface area contributed by atoms with Crippen molar-refractivity contribution in [1.29, 1.82) is 0 Å². The van der Waals surface area contributed by atoms with Crippen LogP contribution in [0.15, 0.2) is 54.6 Å². The van der Waals surface area contributed by atoms with Crippen LogP contribution in [0.5, 0.6) is 0 Å². The fraction of sp³-hybridized carbons (Fsp3) is 0.250. The van der Waals surface area contributed by atoms with Gasteiger partial charge in [0, 0.05) is 6.54 Å². The van der Waals surface area contributed by atoms with Gasteiger partial charge in [-0.05, 0) is 37.2 Å². The highest BCUT2D eigenvalue weighted by atomic mass is 15.0. The second-order valence-electron chi connectivity index (χ2n) is 4.67. The lowest BCUT2D eigenvalue weighted by atomic mass is 10.1. The van der Waals surface area contributed by atoms with E-state index in [1.165, 1.54) is 16.7 Å². The van der Waals surface area contributed by atoms with Crippen molar-refractivity contribution in [3.8, 4) is 0 Å². The molecule has 0 bridgehead atoms. The highest BCUT2D eigenvalue weighted by molar-refractivity contribution is 5.32. The summed E-state index contributed by atoms with van der Waals surface area (Å²) < 4.78 is 0. The Morgan fingerprint density at radius 2 is 1.35 bits per heavy atom. The van der Waals surface area contributed by atoms with Crippen LogP contribution >= 0.6 is 0 Å². The Hall–Kier alpha value is -1.60. The van der Waals surface area contributed by atoms with Gasteiger partial charge < -0.3 is 4.90 Å². The first-order valence-electron chi connectivity index (χ1n) is 6.01. The van der Waals surface area contributed by atoms with E-state index in [2.05, 4.69) is 73.6 Å². The molecule has 0 amide bonds. The van der Waals surface area contributed by atoms with Crippen LogP contribution in [0.3, 0.4) is 0 Å². The maximum Gasteiger partial charge on any atom is 0.0230 e. The van der Waals surface area contributed by atoms with Crippen LogP contribution in [0.25, 0.3) is 0 Å². The summed E-state index contributed by atoms with van der Waals surface area (Å²) in [5.41, 5.74) is 4.22. The average molecular weight is 226 g/mol. The zero-order chi connectivity index (χ0) is 12.1. The lowest BCUT2D eigenvalue weighted by Crippen LogP contribution is -2.12. The summed E-state index contributed by atoms with van der Waals surface area (Å²) in [5.74, 6) is 0. The number of hydrogen-bond donors (Lipinski definition) is 0. The molecular formula is C16H19N. The molecular weight excluding hydrogens is 207 g/mol. The third-order valence-electron chi connectivity index (χ3n) is 2.84. The Balaban J connectivity index is 2.20. The second-order valence-corrected chi connectivity index (χ2v) is 4.67. The Kier molecular flexibility index (Phi) is 3.94. The minimum Gasteiger partial charge on any atom is -0.305 e. The van der Waals surface area contributed by atoms with Gasteiger partial charge in [0.25, 0.3) is 0 Å². The molecule has 0 aliphatic heterocycles. The van der Waals surface area contributed by atoms with Crippen LogP contribution in [0.1, 0.15) is 16.7 Å². The quantitative estimate of drug-likeness (QED) is 0.723. The second kappa shape index (κ2) is 5.65. The average Bonchev–Trinajstić information content (AvgIpc) is 2.32. The van der Waals surface area contributed by atoms with Gasteiger partial charge in [0.1, 0.15) is 0 Å². The molecule has 2 rings (SSSR count). The summed E-state index contributed by atoms with van der Waals surface area (Å²) in [6.45, 7) is 1.00. The Morgan fingerprint density at radius 3 is 2.00 bits per heavy atom. The molecule has 0 unspecified atom stereocenters. The van der Waals surface area contributed by atoms with Gasteiger partial charge in [-0.25, -0.2) is 0 Å². The molecule has 0 spiro atoms. The lowest BCUT2D eigenvalue weighted by Gasteiger charge is -2.14. The molecule has 0 aliphatic rings. The summed E-state index contributed by atoms with van der Waals surface area (Å²) in [7, 11) is 4.22. The van der Waals surface area contributed by atoms with Gasteiger partial charge in [-0.3, -0.25) is 0 Å². The van der Waals surface area contributed by atoms with Gasteiger partial charge in [-0.15, -0.1) is 0 Å². The van der Waals surface area contributed by atoms with Crippen molar-refractivity contribution in [2.75, 3.05) is 14.1 Å². The van der Waals surface area contributed by atoms with E-state index < -0.39 is 0 Å². The molecule has 88 valence electrons. The summed E-state index contributed by atoms with van der Waals surface area (Å²) in [6.07, 6.45) is 1.02. The molecule has 17 heavy (non-hydrogen) atoms. The summed E-state index contributed by atoms with van der Waals surface area (Å²) >= 11 is 0. The maximum atomic E-state index is 2.23. The lowest BCUT2D eigenvalue weighted by molar-refractivity contribution is 0.401. The van der Waals surface area contributed by atoms with E-state index >= 15 is 0 Å². The van der Waals surface area contributed by atoms with Crippen molar-refractivity contribution in [1.82, 2.24) is 4.90 Å². The molecule has 0 radical (unpaired) electrons. The van der Waals surface area contributed by atoms with Crippen LogP contribution in [-0.4, -0.2) is 19.0 Å². The molecule has 0 aromatic heterocycles. The van der Waals surface area contributed by atoms with E-state index in [4.69, 9.17) is 0 Å². The van der Waals surface area contributed by atoms with Crippen LogP contribution in [0, 0.1) is 0 Å². The first kappa shape index (κ1) is 11.9. The van der Waals surface area contributed by atoms with E-state index in [-0.39, 0.29) is 0 Å². The van der Waals surface area contributed by atoms with Crippen molar-refractivity contribution in [3.63, 3.8) is 0 Å². The molecule has 2 aromatic rings. The normalized spacial score (nSPS) is 10.8. The highest BCUT2D eigenvalue weighted by Crippen LogP contribution is 2.15. The standard InChI is InChI=1S/C16H19N/c1-17(2)13-16-11-7-6-10-15(16)12-14-8-4-3-5-9-14/h3-11H,12-13H2,1-2H3/i12+1. The molecule has 0 heterocycles. The van der Waals surface area contributed by atoms with Gasteiger partial charge in [0.15, 0.2) is 0 Å². The van der Waals surface area contributed by atoms with Gasteiger partial charge in [-0.1, -0.05) is 54.6 Å². The Labute approximate surface area is 104 Å². The van der Waals surface area contributed by atoms with E-state index in [1.54, 1.807) is 0 Å². The maximum absolute atomic E-state index is 2.23. The molecule has 0 saturated heterocycles. The molecule has 1 nitrogen and oxygen atoms in total. The van der Waals surface area contributed by atoms with Crippen LogP contribution in [0.4, 0.5) is 0 Å². The molecule has 1 heteroatoms. The predicted octanol–water partition coefficient (Wildman–Crippen LogP) is 3.34. The minimum atomic E-state index is 1.00. The SMILES string of the molecule is CN(C)Cc1ccccc1[13CH2]c1ccccc1. The van der Waals surface area contributed by atoms with Crippen LogP contribution in [0.2, 0.25) is 0 Å². The topological polar surface area (TPSA) is 3.24 Å². The minimum absolute atomic E-state index is 1.00. The monoisotopic (exact) mass is 226 g/mol. The fourth-order valence-electron chi connectivity index (χ4n) is 2.04. The van der Waals surface area contributed by atoms with Crippen molar-refractivity contribution in [2.45, 2.75) is 13.0 Å². The van der Waals surface area contributed by atoms with Crippen LogP contribution in [-0.2, 0) is 13.0 Å². The Morgan fingerprint density at radius 1 is 0.765 bits per heavy atom. The van der Waals surface area contributed by atoms with E-state index in [9.17, 15) is 0 Å². The Bertz CT molecular complexity index is 460. The zero-order valence-corrected chi connectivity index (χ0v) is 10.6. The smallest absolute Gasteiger partial charge is 0.0230 e. The first-order chi connectivity index (χ1) is 8.25. The molecule has 2 aromatic carbocycles. The molecule has 0 N–H and O–H groups in total. The molecule has 0 fully saturated rings. The third-order valence-corrected chi connectivity index (χ3v) is 2.84. The summed E-state index contributed by atoms with van der Waals surface area (Å²) in [4.78, 5) is 2.21. The number of rotatable bonds is 4. The van der Waals surface area contributed by atoms with Gasteiger partial charge in [0.2, 0.25) is 0 Å². The molecule has 0 saturated carbocycles. The highest BCUT2D eigenvalue weighted by Gasteiger charge is 2.03. The van der Waals surface area contributed by atoms with E-state index in [1.807, 2.05) is 0 Å². The van der Waals surface area contributed by atoms with E-state index in [0.29, 0.717) is 0 Å². The van der Waals surface area contributed by atoms with Crippen molar-refractivity contribution >= 4 is 0 Å². The number of benzene rings is 2. The third kappa shape index (κ3) is 3.43.